The Kier molecular flexibility index (Phi) is 5.62. The lowest BCUT2D eigenvalue weighted by molar-refractivity contribution is -0.131. The summed E-state index contributed by atoms with van der Waals surface area (Å²) in [4.78, 5) is 23.3. The van der Waals surface area contributed by atoms with Crippen LogP contribution in [0.15, 0.2) is 48.5 Å². The maximum absolute atomic E-state index is 12.2. The summed E-state index contributed by atoms with van der Waals surface area (Å²) < 4.78 is 6.54. The van der Waals surface area contributed by atoms with Gasteiger partial charge in [0.2, 0.25) is 0 Å². The first-order valence-corrected chi connectivity index (χ1v) is 8.26. The van der Waals surface area contributed by atoms with Crippen LogP contribution in [0.4, 0.5) is 10.5 Å². The lowest BCUT2D eigenvalue weighted by atomic mass is 10.3. The van der Waals surface area contributed by atoms with Crippen LogP contribution in [-0.2, 0) is 11.3 Å². The number of urea groups is 1. The standard InChI is InChI=1S/C17H15ClN6O3/c1-11(25)27-15-5-3-2-4-14(15)20-17(26)19-10-16-21-22-23-24(16)13-8-6-12(18)7-9-13/h2-9H,10H2,1H3,(H2,19,20,26). The van der Waals surface area contributed by atoms with Crippen molar-refractivity contribution in [3.05, 3.63) is 59.4 Å². The van der Waals surface area contributed by atoms with Crippen LogP contribution in [-0.4, -0.2) is 32.2 Å². The summed E-state index contributed by atoms with van der Waals surface area (Å²) in [6, 6.07) is 13.1. The monoisotopic (exact) mass is 386 g/mol. The van der Waals surface area contributed by atoms with E-state index in [1.54, 1.807) is 48.5 Å². The molecule has 0 unspecified atom stereocenters. The Labute approximate surface area is 159 Å². The molecular weight excluding hydrogens is 372 g/mol. The SMILES string of the molecule is CC(=O)Oc1ccccc1NC(=O)NCc1nnnn1-c1ccc(Cl)cc1. The number of hydrogen-bond acceptors (Lipinski definition) is 6. The second-order valence-corrected chi connectivity index (χ2v) is 5.82. The van der Waals surface area contributed by atoms with Crippen LogP contribution in [0.3, 0.4) is 0 Å². The lowest BCUT2D eigenvalue weighted by Gasteiger charge is -2.11. The van der Waals surface area contributed by atoms with Crippen molar-refractivity contribution in [1.29, 1.82) is 0 Å². The quantitative estimate of drug-likeness (QED) is 0.515. The number of carbonyl (C=O) groups excluding carboxylic acids is 2. The highest BCUT2D eigenvalue weighted by Crippen LogP contribution is 2.23. The molecule has 0 atom stereocenters. The molecule has 0 radical (unpaired) electrons. The van der Waals surface area contributed by atoms with Crippen molar-refractivity contribution in [1.82, 2.24) is 25.5 Å². The van der Waals surface area contributed by atoms with Gasteiger partial charge in [0, 0.05) is 11.9 Å². The molecular formula is C17H15ClN6O3. The first-order valence-electron chi connectivity index (χ1n) is 7.88. The number of tetrazole rings is 1. The van der Waals surface area contributed by atoms with E-state index in [0.29, 0.717) is 22.2 Å². The number of ether oxygens (including phenoxy) is 1. The third-order valence-electron chi connectivity index (χ3n) is 3.40. The molecule has 10 heteroatoms. The molecule has 2 amide bonds. The van der Waals surface area contributed by atoms with Crippen LogP contribution in [0, 0.1) is 0 Å². The number of benzene rings is 2. The van der Waals surface area contributed by atoms with Gasteiger partial charge in [-0.3, -0.25) is 4.79 Å². The minimum absolute atomic E-state index is 0.0805. The van der Waals surface area contributed by atoms with Gasteiger partial charge >= 0.3 is 12.0 Å². The molecule has 0 saturated carbocycles. The second kappa shape index (κ2) is 8.28. The molecule has 138 valence electrons. The number of aromatic nitrogens is 4. The van der Waals surface area contributed by atoms with Crippen molar-refractivity contribution < 1.29 is 14.3 Å². The molecule has 2 N–H and O–H groups in total. The fraction of sp³-hybridized carbons (Fsp3) is 0.118. The largest absolute Gasteiger partial charge is 0.424 e. The van der Waals surface area contributed by atoms with Gasteiger partial charge in [-0.25, -0.2) is 4.79 Å². The van der Waals surface area contributed by atoms with E-state index in [0.717, 1.165) is 0 Å². The van der Waals surface area contributed by atoms with Gasteiger partial charge in [0.15, 0.2) is 11.6 Å². The predicted molar refractivity (Wildman–Crippen MR) is 97.8 cm³/mol. The molecule has 9 nitrogen and oxygen atoms in total. The average Bonchev–Trinajstić information content (AvgIpc) is 3.10. The van der Waals surface area contributed by atoms with Crippen LogP contribution in [0.5, 0.6) is 5.75 Å². The van der Waals surface area contributed by atoms with Gasteiger partial charge in [-0.2, -0.15) is 4.68 Å². The summed E-state index contributed by atoms with van der Waals surface area (Å²) in [6.45, 7) is 1.37. The van der Waals surface area contributed by atoms with Crippen molar-refractivity contribution in [2.75, 3.05) is 5.32 Å². The van der Waals surface area contributed by atoms with E-state index in [1.165, 1.54) is 11.6 Å². The zero-order valence-electron chi connectivity index (χ0n) is 14.2. The molecule has 1 heterocycles. The van der Waals surface area contributed by atoms with Gasteiger partial charge < -0.3 is 15.4 Å². The number of esters is 1. The molecule has 3 aromatic rings. The predicted octanol–water partition coefficient (Wildman–Crippen LogP) is 2.56. The third kappa shape index (κ3) is 4.79. The average molecular weight is 387 g/mol. The fourth-order valence-electron chi connectivity index (χ4n) is 2.24. The Bertz CT molecular complexity index is 957. The lowest BCUT2D eigenvalue weighted by Crippen LogP contribution is -2.29. The Morgan fingerprint density at radius 2 is 1.89 bits per heavy atom. The van der Waals surface area contributed by atoms with E-state index < -0.39 is 12.0 Å². The maximum atomic E-state index is 12.2. The molecule has 0 bridgehead atoms. The van der Waals surface area contributed by atoms with Gasteiger partial charge in [0.1, 0.15) is 0 Å². The van der Waals surface area contributed by atoms with E-state index in [2.05, 4.69) is 26.2 Å². The van der Waals surface area contributed by atoms with Crippen LogP contribution in [0.25, 0.3) is 5.69 Å². The number of hydrogen-bond donors (Lipinski definition) is 2. The van der Waals surface area contributed by atoms with Gasteiger partial charge in [0.25, 0.3) is 0 Å². The number of rotatable bonds is 5. The Morgan fingerprint density at radius 3 is 2.63 bits per heavy atom. The van der Waals surface area contributed by atoms with Crippen molar-refractivity contribution >= 4 is 29.3 Å². The summed E-state index contributed by atoms with van der Waals surface area (Å²) in [5, 5.41) is 17.3. The number of para-hydroxylation sites is 2. The Balaban J connectivity index is 1.65. The van der Waals surface area contributed by atoms with Crippen molar-refractivity contribution in [3.63, 3.8) is 0 Å². The van der Waals surface area contributed by atoms with E-state index in [1.807, 2.05) is 0 Å². The van der Waals surface area contributed by atoms with Gasteiger partial charge in [-0.15, -0.1) is 5.10 Å². The van der Waals surface area contributed by atoms with Crippen molar-refractivity contribution in [2.24, 2.45) is 0 Å². The fourth-order valence-corrected chi connectivity index (χ4v) is 2.36. The van der Waals surface area contributed by atoms with Crippen LogP contribution in [0.1, 0.15) is 12.7 Å². The van der Waals surface area contributed by atoms with Gasteiger partial charge in [-0.05, 0) is 46.8 Å². The summed E-state index contributed by atoms with van der Waals surface area (Å²) >= 11 is 5.88. The molecule has 0 saturated heterocycles. The Morgan fingerprint density at radius 1 is 1.15 bits per heavy atom. The smallest absolute Gasteiger partial charge is 0.319 e. The summed E-state index contributed by atoms with van der Waals surface area (Å²) in [6.07, 6.45) is 0. The minimum Gasteiger partial charge on any atom is -0.424 e. The van der Waals surface area contributed by atoms with E-state index in [4.69, 9.17) is 16.3 Å². The topological polar surface area (TPSA) is 111 Å². The normalized spacial score (nSPS) is 10.3. The third-order valence-corrected chi connectivity index (χ3v) is 3.65. The molecule has 0 aliphatic carbocycles. The number of nitrogens with zero attached hydrogens (tertiary/aromatic N) is 4. The number of anilines is 1. The number of carbonyl (C=O) groups is 2. The summed E-state index contributed by atoms with van der Waals surface area (Å²) in [5.41, 5.74) is 1.07. The zero-order valence-corrected chi connectivity index (χ0v) is 15.0. The second-order valence-electron chi connectivity index (χ2n) is 5.38. The molecule has 0 aliphatic heterocycles. The van der Waals surface area contributed by atoms with E-state index >= 15 is 0 Å². The molecule has 27 heavy (non-hydrogen) atoms. The molecule has 3 rings (SSSR count). The maximum Gasteiger partial charge on any atom is 0.319 e. The summed E-state index contributed by atoms with van der Waals surface area (Å²) in [7, 11) is 0. The van der Waals surface area contributed by atoms with E-state index in [-0.39, 0.29) is 12.3 Å². The highest BCUT2D eigenvalue weighted by molar-refractivity contribution is 6.30. The van der Waals surface area contributed by atoms with Gasteiger partial charge in [-0.1, -0.05) is 23.7 Å². The molecule has 0 fully saturated rings. The van der Waals surface area contributed by atoms with E-state index in [9.17, 15) is 9.59 Å². The number of halogens is 1. The molecule has 1 aromatic heterocycles. The van der Waals surface area contributed by atoms with Crippen LogP contribution in [0.2, 0.25) is 5.02 Å². The molecule has 0 spiro atoms. The Hall–Kier alpha value is -3.46. The first-order chi connectivity index (χ1) is 13.0. The van der Waals surface area contributed by atoms with Crippen molar-refractivity contribution in [3.8, 4) is 11.4 Å². The molecule has 0 aliphatic rings. The zero-order chi connectivity index (χ0) is 19.2. The van der Waals surface area contributed by atoms with Crippen molar-refractivity contribution in [2.45, 2.75) is 13.5 Å². The number of amides is 2. The van der Waals surface area contributed by atoms with Crippen LogP contribution >= 0.6 is 11.6 Å². The highest BCUT2D eigenvalue weighted by Gasteiger charge is 2.12. The first kappa shape index (κ1) is 18.3. The number of nitrogens with one attached hydrogen (secondary N) is 2. The minimum atomic E-state index is -0.500. The molecule has 2 aromatic carbocycles. The summed E-state index contributed by atoms with van der Waals surface area (Å²) in [5.74, 6) is 0.207. The highest BCUT2D eigenvalue weighted by atomic mass is 35.5. The van der Waals surface area contributed by atoms with Gasteiger partial charge in [0.05, 0.1) is 17.9 Å². The van der Waals surface area contributed by atoms with Crippen LogP contribution < -0.4 is 15.4 Å².